The summed E-state index contributed by atoms with van der Waals surface area (Å²) in [6.07, 6.45) is 7.99. The SMILES string of the molecule is Nc1nc(CCN2CCC(N3CCCCC3)CC2)cs1. The van der Waals surface area contributed by atoms with Crippen molar-refractivity contribution >= 4 is 16.5 Å². The van der Waals surface area contributed by atoms with Crippen molar-refractivity contribution in [1.29, 1.82) is 0 Å². The molecule has 2 N–H and O–H groups in total. The lowest BCUT2D eigenvalue weighted by Crippen LogP contribution is -2.47. The van der Waals surface area contributed by atoms with Gasteiger partial charge in [-0.15, -0.1) is 11.3 Å². The Morgan fingerprint density at radius 2 is 1.90 bits per heavy atom. The van der Waals surface area contributed by atoms with Crippen LogP contribution in [0.3, 0.4) is 0 Å². The molecule has 0 saturated carbocycles. The van der Waals surface area contributed by atoms with Crippen LogP contribution in [0.5, 0.6) is 0 Å². The number of piperidine rings is 2. The molecule has 1 aromatic heterocycles. The van der Waals surface area contributed by atoms with E-state index in [0.29, 0.717) is 5.13 Å². The summed E-state index contributed by atoms with van der Waals surface area (Å²) >= 11 is 1.55. The molecule has 2 aliphatic heterocycles. The molecule has 0 spiro atoms. The minimum absolute atomic E-state index is 0.698. The molecule has 5 heteroatoms. The number of nitrogen functional groups attached to an aromatic ring is 1. The summed E-state index contributed by atoms with van der Waals surface area (Å²) in [5.74, 6) is 0. The zero-order chi connectivity index (χ0) is 13.8. The molecule has 0 aromatic carbocycles. The summed E-state index contributed by atoms with van der Waals surface area (Å²) in [4.78, 5) is 9.68. The third-order valence-electron chi connectivity index (χ3n) is 4.72. The fraction of sp³-hybridized carbons (Fsp3) is 0.800. The fourth-order valence-electron chi connectivity index (χ4n) is 3.50. The largest absolute Gasteiger partial charge is 0.375 e. The second-order valence-corrected chi connectivity index (χ2v) is 6.99. The molecule has 0 radical (unpaired) electrons. The van der Waals surface area contributed by atoms with E-state index in [1.54, 1.807) is 11.3 Å². The molecule has 4 nitrogen and oxygen atoms in total. The van der Waals surface area contributed by atoms with Gasteiger partial charge in [-0.1, -0.05) is 6.42 Å². The van der Waals surface area contributed by atoms with Crippen molar-refractivity contribution in [3.05, 3.63) is 11.1 Å². The maximum absolute atomic E-state index is 5.68. The van der Waals surface area contributed by atoms with Gasteiger partial charge in [0, 0.05) is 24.4 Å². The minimum atomic E-state index is 0.698. The lowest BCUT2D eigenvalue weighted by atomic mass is 10.00. The number of anilines is 1. The van der Waals surface area contributed by atoms with Gasteiger partial charge < -0.3 is 15.5 Å². The van der Waals surface area contributed by atoms with Crippen molar-refractivity contribution in [1.82, 2.24) is 14.8 Å². The molecular weight excluding hydrogens is 268 g/mol. The fourth-order valence-corrected chi connectivity index (χ4v) is 4.10. The van der Waals surface area contributed by atoms with Crippen LogP contribution >= 0.6 is 11.3 Å². The zero-order valence-electron chi connectivity index (χ0n) is 12.3. The molecule has 112 valence electrons. The molecule has 0 atom stereocenters. The van der Waals surface area contributed by atoms with Gasteiger partial charge in [-0.2, -0.15) is 0 Å². The molecule has 2 fully saturated rings. The Balaban J connectivity index is 1.39. The summed E-state index contributed by atoms with van der Waals surface area (Å²) < 4.78 is 0. The number of hydrogen-bond acceptors (Lipinski definition) is 5. The van der Waals surface area contributed by atoms with Crippen LogP contribution in [0.2, 0.25) is 0 Å². The smallest absolute Gasteiger partial charge is 0.180 e. The minimum Gasteiger partial charge on any atom is -0.375 e. The quantitative estimate of drug-likeness (QED) is 0.925. The summed E-state index contributed by atoms with van der Waals surface area (Å²) in [5.41, 5.74) is 6.83. The van der Waals surface area contributed by atoms with Gasteiger partial charge in [0.05, 0.1) is 5.69 Å². The van der Waals surface area contributed by atoms with E-state index in [2.05, 4.69) is 20.2 Å². The second kappa shape index (κ2) is 6.87. The average Bonchev–Trinajstić information content (AvgIpc) is 2.92. The first-order valence-corrected chi connectivity index (χ1v) is 8.85. The Morgan fingerprint density at radius 1 is 1.15 bits per heavy atom. The second-order valence-electron chi connectivity index (χ2n) is 6.10. The monoisotopic (exact) mass is 294 g/mol. The first-order valence-electron chi connectivity index (χ1n) is 7.97. The van der Waals surface area contributed by atoms with Crippen LogP contribution in [-0.2, 0) is 6.42 Å². The Morgan fingerprint density at radius 3 is 2.55 bits per heavy atom. The Labute approximate surface area is 126 Å². The maximum atomic E-state index is 5.68. The van der Waals surface area contributed by atoms with Crippen molar-refractivity contribution in [2.24, 2.45) is 0 Å². The van der Waals surface area contributed by atoms with Gasteiger partial charge >= 0.3 is 0 Å². The number of likely N-dealkylation sites (tertiary alicyclic amines) is 2. The van der Waals surface area contributed by atoms with Crippen LogP contribution in [0.1, 0.15) is 37.8 Å². The van der Waals surface area contributed by atoms with E-state index in [9.17, 15) is 0 Å². The highest BCUT2D eigenvalue weighted by atomic mass is 32.1. The Bertz CT molecular complexity index is 406. The molecule has 0 unspecified atom stereocenters. The summed E-state index contributed by atoms with van der Waals surface area (Å²) in [6, 6.07) is 0.849. The van der Waals surface area contributed by atoms with Gasteiger partial charge in [0.25, 0.3) is 0 Å². The number of thiazole rings is 1. The lowest BCUT2D eigenvalue weighted by molar-refractivity contribution is 0.0930. The molecule has 3 rings (SSSR count). The summed E-state index contributed by atoms with van der Waals surface area (Å²) in [7, 11) is 0. The normalized spacial score (nSPS) is 23.2. The zero-order valence-corrected chi connectivity index (χ0v) is 13.1. The Hall–Kier alpha value is -0.650. The van der Waals surface area contributed by atoms with Crippen molar-refractivity contribution in [3.63, 3.8) is 0 Å². The third-order valence-corrected chi connectivity index (χ3v) is 5.44. The summed E-state index contributed by atoms with van der Waals surface area (Å²) in [5, 5.41) is 2.79. The van der Waals surface area contributed by atoms with E-state index in [1.165, 1.54) is 58.3 Å². The predicted molar refractivity (Wildman–Crippen MR) is 85.1 cm³/mol. The van der Waals surface area contributed by atoms with Crippen molar-refractivity contribution in [3.8, 4) is 0 Å². The number of rotatable bonds is 4. The predicted octanol–water partition coefficient (Wildman–Crippen LogP) is 2.22. The highest BCUT2D eigenvalue weighted by molar-refractivity contribution is 7.13. The number of aromatic nitrogens is 1. The highest BCUT2D eigenvalue weighted by Crippen LogP contribution is 2.21. The summed E-state index contributed by atoms with van der Waals surface area (Å²) in [6.45, 7) is 6.31. The van der Waals surface area contributed by atoms with Gasteiger partial charge in [-0.3, -0.25) is 0 Å². The standard InChI is InChI=1S/C15H26N4S/c16-15-17-13(12-20-15)4-9-18-10-5-14(6-11-18)19-7-2-1-3-8-19/h12,14H,1-11H2,(H2,16,17). The number of nitrogens with zero attached hydrogens (tertiary/aromatic N) is 3. The number of hydrogen-bond donors (Lipinski definition) is 1. The van der Waals surface area contributed by atoms with E-state index in [-0.39, 0.29) is 0 Å². The van der Waals surface area contributed by atoms with E-state index in [0.717, 1.165) is 24.7 Å². The van der Waals surface area contributed by atoms with Gasteiger partial charge in [-0.05, 0) is 51.9 Å². The van der Waals surface area contributed by atoms with E-state index in [1.807, 2.05) is 0 Å². The molecule has 2 aliphatic rings. The molecule has 3 heterocycles. The molecule has 0 bridgehead atoms. The molecule has 20 heavy (non-hydrogen) atoms. The molecular formula is C15H26N4S. The first-order chi connectivity index (χ1) is 9.81. The van der Waals surface area contributed by atoms with Crippen LogP contribution in [0.25, 0.3) is 0 Å². The van der Waals surface area contributed by atoms with Crippen LogP contribution < -0.4 is 5.73 Å². The van der Waals surface area contributed by atoms with Crippen LogP contribution in [0, 0.1) is 0 Å². The Kier molecular flexibility index (Phi) is 4.91. The van der Waals surface area contributed by atoms with Crippen molar-refractivity contribution in [2.75, 3.05) is 38.5 Å². The van der Waals surface area contributed by atoms with Gasteiger partial charge in [0.2, 0.25) is 0 Å². The lowest BCUT2D eigenvalue weighted by Gasteiger charge is -2.40. The van der Waals surface area contributed by atoms with Crippen LogP contribution in [-0.4, -0.2) is 53.5 Å². The average molecular weight is 294 g/mol. The molecule has 0 aliphatic carbocycles. The maximum Gasteiger partial charge on any atom is 0.180 e. The molecule has 1 aromatic rings. The highest BCUT2D eigenvalue weighted by Gasteiger charge is 2.25. The van der Waals surface area contributed by atoms with Crippen LogP contribution in [0.15, 0.2) is 5.38 Å². The topological polar surface area (TPSA) is 45.4 Å². The van der Waals surface area contributed by atoms with Gasteiger partial charge in [0.1, 0.15) is 0 Å². The van der Waals surface area contributed by atoms with Crippen LogP contribution in [0.4, 0.5) is 5.13 Å². The van der Waals surface area contributed by atoms with Crippen molar-refractivity contribution < 1.29 is 0 Å². The number of nitrogens with two attached hydrogens (primary N) is 1. The molecule has 2 saturated heterocycles. The van der Waals surface area contributed by atoms with E-state index in [4.69, 9.17) is 5.73 Å². The van der Waals surface area contributed by atoms with Gasteiger partial charge in [0.15, 0.2) is 5.13 Å². The van der Waals surface area contributed by atoms with Crippen molar-refractivity contribution in [2.45, 2.75) is 44.6 Å². The van der Waals surface area contributed by atoms with E-state index >= 15 is 0 Å². The van der Waals surface area contributed by atoms with E-state index < -0.39 is 0 Å². The third kappa shape index (κ3) is 3.71. The van der Waals surface area contributed by atoms with Gasteiger partial charge in [-0.25, -0.2) is 4.98 Å². The first kappa shape index (κ1) is 14.3. The molecule has 0 amide bonds.